The Hall–Kier alpha value is -1.06. The predicted molar refractivity (Wildman–Crippen MR) is 85.9 cm³/mol. The van der Waals surface area contributed by atoms with E-state index in [0.29, 0.717) is 0 Å². The first-order chi connectivity index (χ1) is 9.26. The van der Waals surface area contributed by atoms with Crippen LogP contribution >= 0.6 is 15.9 Å². The summed E-state index contributed by atoms with van der Waals surface area (Å²) in [6, 6.07) is 13.2. The van der Waals surface area contributed by atoms with Crippen LogP contribution < -0.4 is 10.2 Å². The smallest absolute Gasteiger partial charge is 0.0372 e. The molecule has 1 unspecified atom stereocenters. The van der Waals surface area contributed by atoms with Crippen LogP contribution in [0.25, 0.3) is 10.8 Å². The zero-order chi connectivity index (χ0) is 13.2. The highest BCUT2D eigenvalue weighted by Gasteiger charge is 2.21. The Morgan fingerprint density at radius 3 is 2.84 bits per heavy atom. The van der Waals surface area contributed by atoms with Crippen LogP contribution in [0.1, 0.15) is 6.42 Å². The van der Waals surface area contributed by atoms with Crippen LogP contribution in [-0.4, -0.2) is 26.7 Å². The molecule has 3 heteroatoms. The second-order valence-electron chi connectivity index (χ2n) is 5.33. The largest absolute Gasteiger partial charge is 0.371 e. The summed E-state index contributed by atoms with van der Waals surface area (Å²) in [4.78, 5) is 2.50. The third-order valence-corrected chi connectivity index (χ3v) is 4.42. The zero-order valence-electron chi connectivity index (χ0n) is 11.2. The maximum atomic E-state index is 3.52. The molecular formula is C16H19BrN2. The second kappa shape index (κ2) is 5.51. The minimum atomic E-state index is 0.783. The van der Waals surface area contributed by atoms with Crippen molar-refractivity contribution in [3.8, 4) is 0 Å². The summed E-state index contributed by atoms with van der Waals surface area (Å²) in [6.45, 7) is 3.47. The van der Waals surface area contributed by atoms with E-state index in [4.69, 9.17) is 0 Å². The van der Waals surface area contributed by atoms with Crippen LogP contribution in [-0.2, 0) is 0 Å². The molecule has 2 aromatic carbocycles. The van der Waals surface area contributed by atoms with Crippen molar-refractivity contribution in [1.82, 2.24) is 5.32 Å². The van der Waals surface area contributed by atoms with Gasteiger partial charge in [-0.25, -0.2) is 0 Å². The van der Waals surface area contributed by atoms with Crippen LogP contribution in [0.2, 0.25) is 0 Å². The summed E-state index contributed by atoms with van der Waals surface area (Å²) < 4.78 is 1.14. The van der Waals surface area contributed by atoms with Gasteiger partial charge in [-0.05, 0) is 61.0 Å². The lowest BCUT2D eigenvalue weighted by molar-refractivity contribution is 0.549. The fourth-order valence-corrected chi connectivity index (χ4v) is 3.30. The maximum absolute atomic E-state index is 3.52. The first kappa shape index (κ1) is 12.9. The molecule has 0 bridgehead atoms. The molecule has 0 spiro atoms. The van der Waals surface area contributed by atoms with Crippen molar-refractivity contribution < 1.29 is 0 Å². The van der Waals surface area contributed by atoms with Crippen molar-refractivity contribution >= 4 is 32.4 Å². The highest BCUT2D eigenvalue weighted by Crippen LogP contribution is 2.28. The van der Waals surface area contributed by atoms with Gasteiger partial charge in [-0.1, -0.05) is 28.1 Å². The fourth-order valence-electron chi connectivity index (χ4n) is 2.92. The highest BCUT2D eigenvalue weighted by atomic mass is 79.9. The van der Waals surface area contributed by atoms with Gasteiger partial charge in [0.05, 0.1) is 0 Å². The summed E-state index contributed by atoms with van der Waals surface area (Å²) in [5.41, 5.74) is 1.36. The number of fused-ring (bicyclic) bond motifs is 1. The van der Waals surface area contributed by atoms with Gasteiger partial charge in [-0.15, -0.1) is 0 Å². The van der Waals surface area contributed by atoms with Crippen molar-refractivity contribution in [2.24, 2.45) is 5.92 Å². The van der Waals surface area contributed by atoms with E-state index in [-0.39, 0.29) is 0 Å². The summed E-state index contributed by atoms with van der Waals surface area (Å²) in [6.07, 6.45) is 1.29. The third-order valence-electron chi connectivity index (χ3n) is 3.93. The number of nitrogens with one attached hydrogen (secondary N) is 1. The van der Waals surface area contributed by atoms with E-state index in [9.17, 15) is 0 Å². The molecule has 2 nitrogen and oxygen atoms in total. The van der Waals surface area contributed by atoms with E-state index in [1.807, 2.05) is 7.05 Å². The minimum absolute atomic E-state index is 0.783. The molecule has 1 atom stereocenters. The van der Waals surface area contributed by atoms with Gasteiger partial charge < -0.3 is 10.2 Å². The molecule has 0 aromatic heterocycles. The minimum Gasteiger partial charge on any atom is -0.371 e. The molecule has 100 valence electrons. The van der Waals surface area contributed by atoms with E-state index < -0.39 is 0 Å². The van der Waals surface area contributed by atoms with E-state index in [1.54, 1.807) is 0 Å². The molecule has 0 saturated carbocycles. The Morgan fingerprint density at radius 1 is 1.21 bits per heavy atom. The predicted octanol–water partition coefficient (Wildman–Crippen LogP) is 3.65. The molecule has 2 aromatic rings. The SMILES string of the molecule is CNCC1CCN(c2ccc3cc(Br)ccc3c2)C1. The van der Waals surface area contributed by atoms with E-state index >= 15 is 0 Å². The van der Waals surface area contributed by atoms with Gasteiger partial charge in [0.25, 0.3) is 0 Å². The molecular weight excluding hydrogens is 300 g/mol. The zero-order valence-corrected chi connectivity index (χ0v) is 12.8. The summed E-state index contributed by atoms with van der Waals surface area (Å²) in [5, 5.41) is 5.90. The van der Waals surface area contributed by atoms with Crippen LogP contribution in [0.3, 0.4) is 0 Å². The third kappa shape index (κ3) is 2.77. The quantitative estimate of drug-likeness (QED) is 0.929. The van der Waals surface area contributed by atoms with Crippen molar-refractivity contribution in [3.05, 3.63) is 40.9 Å². The summed E-state index contributed by atoms with van der Waals surface area (Å²) in [7, 11) is 2.04. The van der Waals surface area contributed by atoms with E-state index in [0.717, 1.165) is 16.9 Å². The Bertz CT molecular complexity index is 582. The summed E-state index contributed by atoms with van der Waals surface area (Å²) >= 11 is 3.52. The van der Waals surface area contributed by atoms with Crippen LogP contribution in [0.4, 0.5) is 5.69 Å². The van der Waals surface area contributed by atoms with Crippen LogP contribution in [0, 0.1) is 5.92 Å². The number of benzene rings is 2. The topological polar surface area (TPSA) is 15.3 Å². The van der Waals surface area contributed by atoms with Gasteiger partial charge in [0.1, 0.15) is 0 Å². The van der Waals surface area contributed by atoms with E-state index in [1.165, 1.54) is 36.0 Å². The lowest BCUT2D eigenvalue weighted by Crippen LogP contribution is -2.24. The number of halogens is 1. The lowest BCUT2D eigenvalue weighted by atomic mass is 10.1. The Kier molecular flexibility index (Phi) is 3.76. The maximum Gasteiger partial charge on any atom is 0.0372 e. The molecule has 1 heterocycles. The van der Waals surface area contributed by atoms with Crippen LogP contribution in [0.15, 0.2) is 40.9 Å². The average Bonchev–Trinajstić information content (AvgIpc) is 2.87. The molecule has 1 saturated heterocycles. The van der Waals surface area contributed by atoms with Gasteiger partial charge in [0.2, 0.25) is 0 Å². The van der Waals surface area contributed by atoms with Gasteiger partial charge in [-0.2, -0.15) is 0 Å². The number of anilines is 1. The molecule has 0 aliphatic carbocycles. The molecule has 0 amide bonds. The first-order valence-electron chi connectivity index (χ1n) is 6.85. The monoisotopic (exact) mass is 318 g/mol. The number of rotatable bonds is 3. The molecule has 1 aliphatic rings. The number of hydrogen-bond acceptors (Lipinski definition) is 2. The van der Waals surface area contributed by atoms with Gasteiger partial charge in [0.15, 0.2) is 0 Å². The molecule has 0 radical (unpaired) electrons. The number of hydrogen-bond donors (Lipinski definition) is 1. The highest BCUT2D eigenvalue weighted by molar-refractivity contribution is 9.10. The molecule has 3 rings (SSSR count). The summed E-state index contributed by atoms with van der Waals surface area (Å²) in [5.74, 6) is 0.783. The van der Waals surface area contributed by atoms with Crippen molar-refractivity contribution in [2.45, 2.75) is 6.42 Å². The molecule has 19 heavy (non-hydrogen) atoms. The van der Waals surface area contributed by atoms with Gasteiger partial charge in [-0.3, -0.25) is 0 Å². The molecule has 1 N–H and O–H groups in total. The normalized spacial score (nSPS) is 19.3. The van der Waals surface area contributed by atoms with Gasteiger partial charge >= 0.3 is 0 Å². The Labute approximate surface area is 122 Å². The van der Waals surface area contributed by atoms with Crippen LogP contribution in [0.5, 0.6) is 0 Å². The van der Waals surface area contributed by atoms with Crippen molar-refractivity contribution in [1.29, 1.82) is 0 Å². The van der Waals surface area contributed by atoms with Gasteiger partial charge in [0, 0.05) is 23.2 Å². The molecule has 1 aliphatic heterocycles. The number of nitrogens with zero attached hydrogens (tertiary/aromatic N) is 1. The average molecular weight is 319 g/mol. The van der Waals surface area contributed by atoms with Crippen molar-refractivity contribution in [2.75, 3.05) is 31.6 Å². The van der Waals surface area contributed by atoms with Crippen molar-refractivity contribution in [3.63, 3.8) is 0 Å². The Morgan fingerprint density at radius 2 is 2.00 bits per heavy atom. The Balaban J connectivity index is 1.84. The first-order valence-corrected chi connectivity index (χ1v) is 7.64. The second-order valence-corrected chi connectivity index (χ2v) is 6.25. The fraction of sp³-hybridized carbons (Fsp3) is 0.375. The standard InChI is InChI=1S/C16H19BrN2/c1-18-10-12-6-7-19(11-12)16-5-3-13-8-15(17)4-2-14(13)9-16/h2-5,8-9,12,18H,6-7,10-11H2,1H3. The molecule has 1 fully saturated rings. The van der Waals surface area contributed by atoms with E-state index in [2.05, 4.69) is 62.5 Å². The lowest BCUT2D eigenvalue weighted by Gasteiger charge is -2.19.